The second-order valence-corrected chi connectivity index (χ2v) is 4.63. The van der Waals surface area contributed by atoms with Crippen LogP contribution in [-0.2, 0) is 47.8 Å². The van der Waals surface area contributed by atoms with Gasteiger partial charge in [-0.1, -0.05) is 0 Å². The second kappa shape index (κ2) is 20.0. The molecule has 0 unspecified atom stereocenters. The van der Waals surface area contributed by atoms with Crippen molar-refractivity contribution in [1.82, 2.24) is 0 Å². The predicted molar refractivity (Wildman–Crippen MR) is 88.4 cm³/mol. The molecular weight excluding hydrogens is 352 g/mol. The Bertz CT molecular complexity index is 305. The summed E-state index contributed by atoms with van der Waals surface area (Å²) < 4.78 is 30.5. The zero-order chi connectivity index (χ0) is 19.3. The Labute approximate surface area is 153 Å². The molecule has 0 amide bonds. The van der Waals surface area contributed by atoms with Crippen molar-refractivity contribution < 1.29 is 47.8 Å². The molecule has 0 aromatic heterocycles. The van der Waals surface area contributed by atoms with Gasteiger partial charge in [0.05, 0.1) is 52.9 Å². The van der Waals surface area contributed by atoms with Gasteiger partial charge in [0.2, 0.25) is 0 Å². The molecule has 26 heavy (non-hydrogen) atoms. The van der Waals surface area contributed by atoms with Crippen molar-refractivity contribution >= 4 is 11.9 Å². The molecule has 0 aromatic carbocycles. The van der Waals surface area contributed by atoms with Gasteiger partial charge in [-0.15, -0.1) is 0 Å². The van der Waals surface area contributed by atoms with Gasteiger partial charge in [-0.2, -0.15) is 0 Å². The van der Waals surface area contributed by atoms with E-state index in [1.165, 1.54) is 0 Å². The van der Waals surface area contributed by atoms with Crippen molar-refractivity contribution in [2.45, 2.75) is 13.8 Å². The summed E-state index contributed by atoms with van der Waals surface area (Å²) in [6.07, 6.45) is 0. The van der Waals surface area contributed by atoms with E-state index >= 15 is 0 Å². The fourth-order valence-electron chi connectivity index (χ4n) is 1.42. The smallest absolute Gasteiger partial charge is 0.379 e. The molecule has 0 saturated carbocycles. The maximum Gasteiger partial charge on any atom is 0.380 e. The third kappa shape index (κ3) is 19.0. The average molecular weight is 382 g/mol. The molecule has 0 heterocycles. The Morgan fingerprint density at radius 1 is 0.500 bits per heavy atom. The molecule has 0 radical (unpaired) electrons. The SMILES string of the molecule is CCOCCOCCOCC(=O)OOC(=O)COCCOCCOCC. The maximum atomic E-state index is 11.3. The summed E-state index contributed by atoms with van der Waals surface area (Å²) in [4.78, 5) is 31.1. The van der Waals surface area contributed by atoms with Crippen LogP contribution >= 0.6 is 0 Å². The van der Waals surface area contributed by atoms with E-state index in [4.69, 9.17) is 28.4 Å². The summed E-state index contributed by atoms with van der Waals surface area (Å²) in [6, 6.07) is 0. The summed E-state index contributed by atoms with van der Waals surface area (Å²) >= 11 is 0. The van der Waals surface area contributed by atoms with Gasteiger partial charge in [0.15, 0.2) is 0 Å². The molecule has 0 N–H and O–H groups in total. The first-order chi connectivity index (χ1) is 12.7. The lowest BCUT2D eigenvalue weighted by Crippen LogP contribution is -2.21. The molecule has 0 aliphatic carbocycles. The molecule has 0 fully saturated rings. The Kier molecular flexibility index (Phi) is 19.0. The first kappa shape index (κ1) is 24.7. The molecule has 0 spiro atoms. The largest absolute Gasteiger partial charge is 0.380 e. The minimum absolute atomic E-state index is 0.210. The molecule has 0 aromatic rings. The molecule has 0 saturated heterocycles. The van der Waals surface area contributed by atoms with E-state index in [1.54, 1.807) is 0 Å². The number of carbonyl (C=O) groups excluding carboxylic acids is 2. The molecule has 0 rings (SSSR count). The fourth-order valence-corrected chi connectivity index (χ4v) is 1.42. The molecular formula is C16H30O10. The van der Waals surface area contributed by atoms with Crippen molar-refractivity contribution in [3.63, 3.8) is 0 Å². The van der Waals surface area contributed by atoms with Crippen LogP contribution in [-0.4, -0.2) is 91.2 Å². The number of carbonyl (C=O) groups is 2. The second-order valence-electron chi connectivity index (χ2n) is 4.63. The van der Waals surface area contributed by atoms with Crippen LogP contribution in [0.5, 0.6) is 0 Å². The molecule has 0 atom stereocenters. The summed E-state index contributed by atoms with van der Waals surface area (Å²) in [6.45, 7) is 7.35. The monoisotopic (exact) mass is 382 g/mol. The van der Waals surface area contributed by atoms with Crippen molar-refractivity contribution in [2.75, 3.05) is 79.3 Å². The lowest BCUT2D eigenvalue weighted by atomic mass is 10.7. The van der Waals surface area contributed by atoms with Crippen LogP contribution in [0, 0.1) is 0 Å². The quantitative estimate of drug-likeness (QED) is 0.184. The number of hydrogen-bond donors (Lipinski definition) is 0. The number of rotatable bonds is 18. The van der Waals surface area contributed by atoms with Crippen LogP contribution in [0.3, 0.4) is 0 Å². The highest BCUT2D eigenvalue weighted by atomic mass is 17.2. The Balaban J connectivity index is 3.33. The molecule has 154 valence electrons. The highest BCUT2D eigenvalue weighted by Crippen LogP contribution is 1.89. The Morgan fingerprint density at radius 2 is 0.808 bits per heavy atom. The topological polar surface area (TPSA) is 108 Å². The van der Waals surface area contributed by atoms with Crippen molar-refractivity contribution in [1.29, 1.82) is 0 Å². The van der Waals surface area contributed by atoms with E-state index in [0.29, 0.717) is 52.9 Å². The van der Waals surface area contributed by atoms with Gasteiger partial charge in [-0.05, 0) is 13.8 Å². The van der Waals surface area contributed by atoms with Crippen LogP contribution in [0.15, 0.2) is 0 Å². The van der Waals surface area contributed by atoms with Crippen LogP contribution in [0.4, 0.5) is 0 Å². The van der Waals surface area contributed by atoms with E-state index in [1.807, 2.05) is 13.8 Å². The van der Waals surface area contributed by atoms with E-state index in [9.17, 15) is 9.59 Å². The van der Waals surface area contributed by atoms with Crippen LogP contribution in [0.1, 0.15) is 13.8 Å². The highest BCUT2D eigenvalue weighted by Gasteiger charge is 2.10. The normalized spacial score (nSPS) is 10.7. The third-order valence-electron chi connectivity index (χ3n) is 2.56. The Morgan fingerprint density at radius 3 is 1.15 bits per heavy atom. The van der Waals surface area contributed by atoms with Crippen LogP contribution < -0.4 is 0 Å². The molecule has 0 aliphatic rings. The molecule has 0 aliphatic heterocycles. The van der Waals surface area contributed by atoms with Crippen molar-refractivity contribution in [3.8, 4) is 0 Å². The molecule has 10 nitrogen and oxygen atoms in total. The summed E-state index contributed by atoms with van der Waals surface area (Å²) in [7, 11) is 0. The molecule has 0 bridgehead atoms. The zero-order valence-corrected chi connectivity index (χ0v) is 15.6. The minimum atomic E-state index is -0.827. The highest BCUT2D eigenvalue weighted by molar-refractivity contribution is 5.74. The fraction of sp³-hybridized carbons (Fsp3) is 0.875. The molecule has 10 heteroatoms. The maximum absolute atomic E-state index is 11.3. The standard InChI is InChI=1S/C16H30O10/c1-3-19-5-7-21-9-11-23-13-15(17)25-26-16(18)14-24-12-10-22-8-6-20-4-2/h3-14H2,1-2H3. The number of hydrogen-bond acceptors (Lipinski definition) is 10. The van der Waals surface area contributed by atoms with E-state index in [0.717, 1.165) is 0 Å². The summed E-state index contributed by atoms with van der Waals surface area (Å²) in [5.41, 5.74) is 0. The van der Waals surface area contributed by atoms with Gasteiger partial charge >= 0.3 is 11.9 Å². The van der Waals surface area contributed by atoms with Gasteiger partial charge < -0.3 is 28.4 Å². The van der Waals surface area contributed by atoms with Crippen molar-refractivity contribution in [2.24, 2.45) is 0 Å². The van der Waals surface area contributed by atoms with Crippen LogP contribution in [0.2, 0.25) is 0 Å². The van der Waals surface area contributed by atoms with Gasteiger partial charge in [-0.25, -0.2) is 19.4 Å². The van der Waals surface area contributed by atoms with Gasteiger partial charge in [0.25, 0.3) is 0 Å². The minimum Gasteiger partial charge on any atom is -0.379 e. The Hall–Kier alpha value is -1.30. The first-order valence-electron chi connectivity index (χ1n) is 8.57. The van der Waals surface area contributed by atoms with Gasteiger partial charge in [-0.3, -0.25) is 0 Å². The summed E-state index contributed by atoms with van der Waals surface area (Å²) in [5, 5.41) is 0. The van der Waals surface area contributed by atoms with Gasteiger partial charge in [0, 0.05) is 13.2 Å². The average Bonchev–Trinajstić information content (AvgIpc) is 2.64. The van der Waals surface area contributed by atoms with E-state index < -0.39 is 11.9 Å². The van der Waals surface area contributed by atoms with Gasteiger partial charge in [0.1, 0.15) is 13.2 Å². The number of ether oxygens (including phenoxy) is 6. The van der Waals surface area contributed by atoms with E-state index in [2.05, 4.69) is 9.78 Å². The van der Waals surface area contributed by atoms with Crippen molar-refractivity contribution in [3.05, 3.63) is 0 Å². The first-order valence-corrected chi connectivity index (χ1v) is 8.57. The van der Waals surface area contributed by atoms with Crippen LogP contribution in [0.25, 0.3) is 0 Å². The summed E-state index contributed by atoms with van der Waals surface area (Å²) in [5.74, 6) is -1.65. The predicted octanol–water partition coefficient (Wildman–Crippen LogP) is 0.127. The third-order valence-corrected chi connectivity index (χ3v) is 2.56. The zero-order valence-electron chi connectivity index (χ0n) is 15.6. The van der Waals surface area contributed by atoms with E-state index in [-0.39, 0.29) is 26.4 Å². The lowest BCUT2D eigenvalue weighted by Gasteiger charge is -2.07. The lowest BCUT2D eigenvalue weighted by molar-refractivity contribution is -0.264.